The Morgan fingerprint density at radius 2 is 1.38 bits per heavy atom. The fourth-order valence-electron chi connectivity index (χ4n) is 5.25. The van der Waals surface area contributed by atoms with Gasteiger partial charge in [0.2, 0.25) is 0 Å². The van der Waals surface area contributed by atoms with Crippen LogP contribution in [0.4, 0.5) is 0 Å². The van der Waals surface area contributed by atoms with E-state index in [0.717, 1.165) is 23.7 Å². The predicted molar refractivity (Wildman–Crippen MR) is 87.2 cm³/mol. The highest BCUT2D eigenvalue weighted by Gasteiger charge is 2.57. The Hall–Kier alpha value is -1.56. The molecule has 106 valence electrons. The molecule has 0 nitrogen and oxygen atoms in total. The molecule has 3 aliphatic rings. The zero-order chi connectivity index (χ0) is 14.4. The van der Waals surface area contributed by atoms with E-state index in [-0.39, 0.29) is 5.41 Å². The summed E-state index contributed by atoms with van der Waals surface area (Å²) in [5, 5.41) is 0. The van der Waals surface area contributed by atoms with Crippen LogP contribution < -0.4 is 0 Å². The van der Waals surface area contributed by atoms with Crippen LogP contribution in [0.15, 0.2) is 42.5 Å². The van der Waals surface area contributed by atoms with Crippen molar-refractivity contribution in [3.63, 3.8) is 0 Å². The van der Waals surface area contributed by atoms with Gasteiger partial charge in [-0.25, -0.2) is 0 Å². The molecule has 2 aromatic carbocycles. The van der Waals surface area contributed by atoms with E-state index >= 15 is 0 Å². The summed E-state index contributed by atoms with van der Waals surface area (Å²) in [4.78, 5) is 0. The van der Waals surface area contributed by atoms with E-state index in [1.165, 1.54) is 12.0 Å². The minimum absolute atomic E-state index is 0.260. The first-order chi connectivity index (χ1) is 10.1. The SMILES string of the molecule is CC(C)(C)c1ccc2c(c1)C1C3CC(c4ccccc43)C21. The molecule has 4 unspecified atom stereocenters. The molecule has 5 rings (SSSR count). The van der Waals surface area contributed by atoms with Gasteiger partial charge in [-0.1, -0.05) is 63.2 Å². The van der Waals surface area contributed by atoms with Gasteiger partial charge in [0.1, 0.15) is 0 Å². The molecule has 0 heteroatoms. The molecule has 0 aliphatic heterocycles. The minimum Gasteiger partial charge on any atom is -0.0620 e. The first kappa shape index (κ1) is 12.0. The number of fused-ring (bicyclic) bond motifs is 11. The zero-order valence-electron chi connectivity index (χ0n) is 13.1. The summed E-state index contributed by atoms with van der Waals surface area (Å²) < 4.78 is 0. The second-order valence-electron chi connectivity index (χ2n) is 8.22. The topological polar surface area (TPSA) is 0 Å². The Kier molecular flexibility index (Phi) is 2.07. The maximum absolute atomic E-state index is 2.51. The largest absolute Gasteiger partial charge is 0.0620 e. The van der Waals surface area contributed by atoms with Crippen LogP contribution in [0.5, 0.6) is 0 Å². The molecule has 21 heavy (non-hydrogen) atoms. The van der Waals surface area contributed by atoms with Crippen molar-refractivity contribution in [3.05, 3.63) is 70.3 Å². The fraction of sp³-hybridized carbons (Fsp3) is 0.429. The van der Waals surface area contributed by atoms with Crippen LogP contribution in [0.3, 0.4) is 0 Å². The molecule has 2 aromatic rings. The lowest BCUT2D eigenvalue weighted by Crippen LogP contribution is -2.29. The molecule has 0 spiro atoms. The third-order valence-corrected chi connectivity index (χ3v) is 6.23. The maximum atomic E-state index is 2.51. The molecule has 0 saturated heterocycles. The molecule has 4 atom stereocenters. The quantitative estimate of drug-likeness (QED) is 0.599. The number of hydrogen-bond donors (Lipinski definition) is 0. The van der Waals surface area contributed by atoms with Crippen molar-refractivity contribution in [1.29, 1.82) is 0 Å². The Labute approximate surface area is 127 Å². The summed E-state index contributed by atoms with van der Waals surface area (Å²) in [5.41, 5.74) is 8.36. The van der Waals surface area contributed by atoms with Crippen molar-refractivity contribution in [3.8, 4) is 0 Å². The Bertz CT molecular complexity index is 747. The second kappa shape index (κ2) is 3.61. The summed E-state index contributed by atoms with van der Waals surface area (Å²) in [6.45, 7) is 6.96. The average Bonchev–Trinajstić information content (AvgIpc) is 2.95. The highest BCUT2D eigenvalue weighted by molar-refractivity contribution is 5.60. The molecule has 1 saturated carbocycles. The molecule has 0 aromatic heterocycles. The molecule has 0 amide bonds. The molecule has 1 fully saturated rings. The van der Waals surface area contributed by atoms with E-state index in [9.17, 15) is 0 Å². The summed E-state index contributed by atoms with van der Waals surface area (Å²) >= 11 is 0. The molecule has 0 N–H and O–H groups in total. The molecule has 2 bridgehead atoms. The van der Waals surface area contributed by atoms with Crippen LogP contribution in [0.1, 0.15) is 78.7 Å². The summed E-state index contributed by atoms with van der Waals surface area (Å²) in [5.74, 6) is 3.21. The van der Waals surface area contributed by atoms with Gasteiger partial charge in [-0.2, -0.15) is 0 Å². The second-order valence-corrected chi connectivity index (χ2v) is 8.22. The van der Waals surface area contributed by atoms with Crippen LogP contribution in [0.2, 0.25) is 0 Å². The van der Waals surface area contributed by atoms with E-state index in [0.29, 0.717) is 0 Å². The van der Waals surface area contributed by atoms with Gasteiger partial charge in [0.05, 0.1) is 0 Å². The standard InChI is InChI=1S/C21H22/c1-21(2,3)12-8-9-15-16(10-12)20-18-11-17(19(15)20)13-6-4-5-7-14(13)18/h4-10,17-20H,11H2,1-3H3. The first-order valence-electron chi connectivity index (χ1n) is 8.29. The number of rotatable bonds is 0. The van der Waals surface area contributed by atoms with Gasteiger partial charge in [0.25, 0.3) is 0 Å². The van der Waals surface area contributed by atoms with Gasteiger partial charge in [0.15, 0.2) is 0 Å². The lowest BCUT2D eigenvalue weighted by Gasteiger charge is -2.44. The van der Waals surface area contributed by atoms with Gasteiger partial charge in [0, 0.05) is 0 Å². The van der Waals surface area contributed by atoms with Crippen molar-refractivity contribution in [2.45, 2.75) is 56.3 Å². The van der Waals surface area contributed by atoms with E-state index in [2.05, 4.69) is 63.2 Å². The molecule has 0 heterocycles. The Morgan fingerprint density at radius 3 is 2.00 bits per heavy atom. The van der Waals surface area contributed by atoms with Gasteiger partial charge in [-0.15, -0.1) is 0 Å². The summed E-state index contributed by atoms with van der Waals surface area (Å²) in [6.07, 6.45) is 1.38. The molecule has 0 radical (unpaired) electrons. The van der Waals surface area contributed by atoms with E-state index in [1.807, 2.05) is 0 Å². The van der Waals surface area contributed by atoms with Crippen molar-refractivity contribution < 1.29 is 0 Å². The minimum atomic E-state index is 0.260. The summed E-state index contributed by atoms with van der Waals surface area (Å²) in [6, 6.07) is 16.5. The van der Waals surface area contributed by atoms with Crippen LogP contribution in [-0.4, -0.2) is 0 Å². The monoisotopic (exact) mass is 274 g/mol. The van der Waals surface area contributed by atoms with Crippen molar-refractivity contribution in [2.75, 3.05) is 0 Å². The van der Waals surface area contributed by atoms with Crippen LogP contribution >= 0.6 is 0 Å². The Balaban J connectivity index is 1.63. The van der Waals surface area contributed by atoms with E-state index in [1.54, 1.807) is 22.3 Å². The van der Waals surface area contributed by atoms with Crippen molar-refractivity contribution in [1.82, 2.24) is 0 Å². The van der Waals surface area contributed by atoms with Crippen molar-refractivity contribution in [2.24, 2.45) is 0 Å². The van der Waals surface area contributed by atoms with Gasteiger partial charge < -0.3 is 0 Å². The first-order valence-corrected chi connectivity index (χ1v) is 8.29. The average molecular weight is 274 g/mol. The Morgan fingerprint density at radius 1 is 0.762 bits per heavy atom. The third kappa shape index (κ3) is 1.36. The van der Waals surface area contributed by atoms with Crippen LogP contribution in [0, 0.1) is 0 Å². The predicted octanol–water partition coefficient (Wildman–Crippen LogP) is 5.45. The van der Waals surface area contributed by atoms with Crippen LogP contribution in [0.25, 0.3) is 0 Å². The molecule has 3 aliphatic carbocycles. The number of hydrogen-bond acceptors (Lipinski definition) is 0. The summed E-state index contributed by atoms with van der Waals surface area (Å²) in [7, 11) is 0. The highest BCUT2D eigenvalue weighted by Crippen LogP contribution is 2.72. The lowest BCUT2D eigenvalue weighted by molar-refractivity contribution is 0.456. The normalized spacial score (nSPS) is 31.4. The maximum Gasteiger partial charge on any atom is -0.00150 e. The smallest absolute Gasteiger partial charge is 0.00150 e. The fourth-order valence-corrected chi connectivity index (χ4v) is 5.25. The molecular weight excluding hydrogens is 252 g/mol. The lowest BCUT2D eigenvalue weighted by atomic mass is 9.59. The van der Waals surface area contributed by atoms with Gasteiger partial charge >= 0.3 is 0 Å². The third-order valence-electron chi connectivity index (χ3n) is 6.23. The van der Waals surface area contributed by atoms with Gasteiger partial charge in [-0.3, -0.25) is 0 Å². The number of benzene rings is 2. The molecular formula is C21H22. The highest BCUT2D eigenvalue weighted by atomic mass is 14.6. The van der Waals surface area contributed by atoms with E-state index < -0.39 is 0 Å². The van der Waals surface area contributed by atoms with E-state index in [4.69, 9.17) is 0 Å². The van der Waals surface area contributed by atoms with Crippen molar-refractivity contribution >= 4 is 0 Å². The van der Waals surface area contributed by atoms with Crippen LogP contribution in [-0.2, 0) is 5.41 Å². The zero-order valence-corrected chi connectivity index (χ0v) is 13.1. The van der Waals surface area contributed by atoms with Gasteiger partial charge in [-0.05, 0) is 63.3 Å².